The molecule has 0 bridgehead atoms. The van der Waals surface area contributed by atoms with Crippen LogP contribution in [0.25, 0.3) is 11.1 Å². The van der Waals surface area contributed by atoms with E-state index in [1.54, 1.807) is 0 Å². The molecule has 0 heterocycles. The molecule has 174 valence electrons. The van der Waals surface area contributed by atoms with Crippen LogP contribution in [0.4, 0.5) is 4.79 Å². The van der Waals surface area contributed by atoms with Crippen LogP contribution in [0.3, 0.4) is 0 Å². The lowest BCUT2D eigenvalue weighted by Gasteiger charge is -2.29. The molecule has 4 rings (SSSR count). The van der Waals surface area contributed by atoms with Gasteiger partial charge in [-0.3, -0.25) is 9.59 Å². The Balaban J connectivity index is 1.33. The van der Waals surface area contributed by atoms with Crippen molar-refractivity contribution < 1.29 is 24.2 Å². The number of benzene rings is 2. The first kappa shape index (κ1) is 22.8. The third-order valence-electron chi connectivity index (χ3n) is 6.73. The van der Waals surface area contributed by atoms with Crippen molar-refractivity contribution in [3.05, 3.63) is 59.7 Å². The SMILES string of the molecule is CCC(NC(=O)OCC1c2ccccc2-c2ccccc21)C(=O)N[C@@H]1CCC[C@H](C(=O)O)C1. The Morgan fingerprint density at radius 3 is 2.27 bits per heavy atom. The Morgan fingerprint density at radius 1 is 1.03 bits per heavy atom. The van der Waals surface area contributed by atoms with Gasteiger partial charge in [0.05, 0.1) is 5.92 Å². The van der Waals surface area contributed by atoms with Gasteiger partial charge in [0.2, 0.25) is 5.91 Å². The van der Waals surface area contributed by atoms with Gasteiger partial charge in [0.15, 0.2) is 0 Å². The normalized spacial score (nSPS) is 20.3. The van der Waals surface area contributed by atoms with Gasteiger partial charge in [0.1, 0.15) is 12.6 Å². The summed E-state index contributed by atoms with van der Waals surface area (Å²) in [6.07, 6.45) is 2.34. The molecular weight excluding hydrogens is 420 g/mol. The number of carboxylic acids is 1. The molecule has 3 atom stereocenters. The predicted molar refractivity (Wildman–Crippen MR) is 124 cm³/mol. The minimum Gasteiger partial charge on any atom is -0.481 e. The highest BCUT2D eigenvalue weighted by molar-refractivity contribution is 5.86. The fraction of sp³-hybridized carbons (Fsp3) is 0.423. The van der Waals surface area contributed by atoms with Gasteiger partial charge in [0.25, 0.3) is 0 Å². The third kappa shape index (κ3) is 5.02. The summed E-state index contributed by atoms with van der Waals surface area (Å²) in [6.45, 7) is 2.00. The fourth-order valence-corrected chi connectivity index (χ4v) is 4.98. The summed E-state index contributed by atoms with van der Waals surface area (Å²) in [4.78, 5) is 36.5. The lowest BCUT2D eigenvalue weighted by molar-refractivity contribution is -0.143. The van der Waals surface area contributed by atoms with Gasteiger partial charge in [0, 0.05) is 12.0 Å². The third-order valence-corrected chi connectivity index (χ3v) is 6.73. The summed E-state index contributed by atoms with van der Waals surface area (Å²) < 4.78 is 5.55. The van der Waals surface area contributed by atoms with E-state index in [9.17, 15) is 19.5 Å². The maximum absolute atomic E-state index is 12.7. The van der Waals surface area contributed by atoms with Crippen molar-refractivity contribution in [3.63, 3.8) is 0 Å². The molecule has 0 aliphatic heterocycles. The molecule has 2 aliphatic carbocycles. The first-order valence-electron chi connectivity index (χ1n) is 11.6. The van der Waals surface area contributed by atoms with Crippen LogP contribution in [0.1, 0.15) is 56.1 Å². The van der Waals surface area contributed by atoms with Gasteiger partial charge in [-0.1, -0.05) is 61.9 Å². The molecule has 2 aliphatic rings. The summed E-state index contributed by atoms with van der Waals surface area (Å²) in [5, 5.41) is 14.8. The van der Waals surface area contributed by atoms with Crippen LogP contribution in [0.5, 0.6) is 0 Å². The van der Waals surface area contributed by atoms with Crippen molar-refractivity contribution in [2.24, 2.45) is 5.92 Å². The zero-order valence-corrected chi connectivity index (χ0v) is 18.8. The molecule has 7 nitrogen and oxygen atoms in total. The first-order valence-corrected chi connectivity index (χ1v) is 11.6. The number of amides is 2. The molecular formula is C26H30N2O5. The minimum absolute atomic E-state index is 0.0488. The molecule has 0 spiro atoms. The highest BCUT2D eigenvalue weighted by atomic mass is 16.5. The van der Waals surface area contributed by atoms with Gasteiger partial charge >= 0.3 is 12.1 Å². The van der Waals surface area contributed by atoms with Crippen molar-refractivity contribution in [1.82, 2.24) is 10.6 Å². The van der Waals surface area contributed by atoms with E-state index in [4.69, 9.17) is 4.74 Å². The van der Waals surface area contributed by atoms with Gasteiger partial charge in [-0.25, -0.2) is 4.79 Å². The van der Waals surface area contributed by atoms with Crippen molar-refractivity contribution in [2.45, 2.75) is 57.0 Å². The number of alkyl carbamates (subject to hydrolysis) is 1. The number of carbonyl (C=O) groups is 3. The zero-order chi connectivity index (χ0) is 23.4. The van der Waals surface area contributed by atoms with E-state index in [0.29, 0.717) is 19.3 Å². The smallest absolute Gasteiger partial charge is 0.407 e. The Labute approximate surface area is 193 Å². The molecule has 1 saturated carbocycles. The largest absolute Gasteiger partial charge is 0.481 e. The number of hydrogen-bond donors (Lipinski definition) is 3. The molecule has 7 heteroatoms. The molecule has 0 saturated heterocycles. The number of aliphatic carboxylic acids is 1. The average Bonchev–Trinajstić information content (AvgIpc) is 3.15. The molecule has 33 heavy (non-hydrogen) atoms. The minimum atomic E-state index is -0.822. The number of rotatable bonds is 7. The van der Waals surface area contributed by atoms with Crippen molar-refractivity contribution >= 4 is 18.0 Å². The second-order valence-corrected chi connectivity index (χ2v) is 8.84. The number of carbonyl (C=O) groups excluding carboxylic acids is 2. The van der Waals surface area contributed by atoms with Crippen molar-refractivity contribution in [3.8, 4) is 11.1 Å². The second-order valence-electron chi connectivity index (χ2n) is 8.84. The van der Waals surface area contributed by atoms with Crippen LogP contribution in [-0.4, -0.2) is 41.8 Å². The van der Waals surface area contributed by atoms with Crippen LogP contribution in [0.15, 0.2) is 48.5 Å². The maximum atomic E-state index is 12.7. The Bertz CT molecular complexity index is 991. The predicted octanol–water partition coefficient (Wildman–Crippen LogP) is 4.06. The molecule has 1 fully saturated rings. The summed E-state index contributed by atoms with van der Waals surface area (Å²) in [5.41, 5.74) is 4.56. The van der Waals surface area contributed by atoms with E-state index in [-0.39, 0.29) is 24.5 Å². The number of fused-ring (bicyclic) bond motifs is 3. The van der Waals surface area contributed by atoms with E-state index in [1.807, 2.05) is 31.2 Å². The van der Waals surface area contributed by atoms with E-state index in [2.05, 4.69) is 34.9 Å². The lowest BCUT2D eigenvalue weighted by Crippen LogP contribution is -2.50. The van der Waals surface area contributed by atoms with Gasteiger partial charge in [-0.05, 0) is 47.9 Å². The van der Waals surface area contributed by atoms with Crippen LogP contribution >= 0.6 is 0 Å². The van der Waals surface area contributed by atoms with E-state index in [1.165, 1.54) is 0 Å². The number of nitrogens with one attached hydrogen (secondary N) is 2. The van der Waals surface area contributed by atoms with E-state index in [0.717, 1.165) is 35.1 Å². The molecule has 0 radical (unpaired) electrons. The average molecular weight is 451 g/mol. The Kier molecular flexibility index (Phi) is 6.96. The van der Waals surface area contributed by atoms with E-state index < -0.39 is 24.0 Å². The standard InChI is InChI=1S/C26H30N2O5/c1-2-23(24(29)27-17-9-7-8-16(14-17)25(30)31)28-26(32)33-15-22-20-12-5-3-10-18(20)19-11-4-6-13-21(19)22/h3-6,10-13,16-17,22-23H,2,7-9,14-15H2,1H3,(H,27,29)(H,28,32)(H,30,31)/t16-,17+,23?/m0/s1. The van der Waals surface area contributed by atoms with Crippen LogP contribution < -0.4 is 10.6 Å². The van der Waals surface area contributed by atoms with Gasteiger partial charge in [-0.15, -0.1) is 0 Å². The highest BCUT2D eigenvalue weighted by Crippen LogP contribution is 2.44. The molecule has 2 amide bonds. The Morgan fingerprint density at radius 2 is 1.67 bits per heavy atom. The van der Waals surface area contributed by atoms with E-state index >= 15 is 0 Å². The molecule has 3 N–H and O–H groups in total. The van der Waals surface area contributed by atoms with Crippen LogP contribution in [0, 0.1) is 5.92 Å². The molecule has 1 unspecified atom stereocenters. The number of hydrogen-bond acceptors (Lipinski definition) is 4. The first-order chi connectivity index (χ1) is 16.0. The monoisotopic (exact) mass is 450 g/mol. The topological polar surface area (TPSA) is 105 Å². The zero-order valence-electron chi connectivity index (χ0n) is 18.8. The highest BCUT2D eigenvalue weighted by Gasteiger charge is 2.31. The molecule has 0 aromatic heterocycles. The second kappa shape index (κ2) is 10.1. The van der Waals surface area contributed by atoms with Crippen LogP contribution in [0.2, 0.25) is 0 Å². The summed E-state index contributed by atoms with van der Waals surface area (Å²) in [5.74, 6) is -1.61. The maximum Gasteiger partial charge on any atom is 0.407 e. The lowest BCUT2D eigenvalue weighted by atomic mass is 9.85. The molecule has 2 aromatic carbocycles. The summed E-state index contributed by atoms with van der Waals surface area (Å²) in [7, 11) is 0. The number of carboxylic acid groups (broad SMARTS) is 1. The Hall–Kier alpha value is -3.35. The van der Waals surface area contributed by atoms with Crippen LogP contribution in [-0.2, 0) is 14.3 Å². The quantitative estimate of drug-likeness (QED) is 0.590. The van der Waals surface area contributed by atoms with Crippen molar-refractivity contribution in [1.29, 1.82) is 0 Å². The summed E-state index contributed by atoms with van der Waals surface area (Å²) >= 11 is 0. The summed E-state index contributed by atoms with van der Waals surface area (Å²) in [6, 6.07) is 15.3. The fourth-order valence-electron chi connectivity index (χ4n) is 4.98. The molecule has 2 aromatic rings. The van der Waals surface area contributed by atoms with Gasteiger partial charge in [-0.2, -0.15) is 0 Å². The number of ether oxygens (including phenoxy) is 1. The van der Waals surface area contributed by atoms with Gasteiger partial charge < -0.3 is 20.5 Å². The van der Waals surface area contributed by atoms with Crippen molar-refractivity contribution in [2.75, 3.05) is 6.61 Å².